The summed E-state index contributed by atoms with van der Waals surface area (Å²) >= 11 is 6.11. The lowest BCUT2D eigenvalue weighted by Gasteiger charge is -2.01. The molecule has 3 rings (SSSR count). The van der Waals surface area contributed by atoms with E-state index in [0.717, 1.165) is 22.3 Å². The SMILES string of the molecule is CC(Cl)c1ccc2[nH]c(-c3cccnc3)cc2c1. The fourth-order valence-electron chi connectivity index (χ4n) is 2.08. The third-order valence-corrected chi connectivity index (χ3v) is 3.33. The van der Waals surface area contributed by atoms with Gasteiger partial charge in [-0.1, -0.05) is 6.07 Å². The largest absolute Gasteiger partial charge is 0.354 e. The molecule has 2 nitrogen and oxygen atoms in total. The van der Waals surface area contributed by atoms with E-state index >= 15 is 0 Å². The van der Waals surface area contributed by atoms with Gasteiger partial charge in [-0.3, -0.25) is 4.98 Å². The van der Waals surface area contributed by atoms with Gasteiger partial charge >= 0.3 is 0 Å². The Morgan fingerprint density at radius 1 is 1.22 bits per heavy atom. The third-order valence-electron chi connectivity index (χ3n) is 3.08. The van der Waals surface area contributed by atoms with Crippen molar-refractivity contribution in [3.63, 3.8) is 0 Å². The van der Waals surface area contributed by atoms with Gasteiger partial charge in [-0.15, -0.1) is 11.6 Å². The quantitative estimate of drug-likeness (QED) is 0.671. The van der Waals surface area contributed by atoms with Crippen LogP contribution in [0.5, 0.6) is 0 Å². The van der Waals surface area contributed by atoms with Crippen LogP contribution in [-0.4, -0.2) is 9.97 Å². The number of aromatic nitrogens is 2. The van der Waals surface area contributed by atoms with Gasteiger partial charge in [-0.2, -0.15) is 0 Å². The molecule has 1 aromatic carbocycles. The number of H-pyrrole nitrogens is 1. The first-order valence-electron chi connectivity index (χ1n) is 5.91. The summed E-state index contributed by atoms with van der Waals surface area (Å²) in [6.07, 6.45) is 3.63. The summed E-state index contributed by atoms with van der Waals surface area (Å²) in [5, 5.41) is 1.21. The van der Waals surface area contributed by atoms with Crippen LogP contribution in [0.25, 0.3) is 22.2 Å². The lowest BCUT2D eigenvalue weighted by molar-refractivity contribution is 1.09. The van der Waals surface area contributed by atoms with Crippen molar-refractivity contribution in [3.05, 3.63) is 54.4 Å². The molecule has 90 valence electrons. The molecule has 0 radical (unpaired) electrons. The van der Waals surface area contributed by atoms with Gasteiger partial charge in [0.15, 0.2) is 0 Å². The smallest absolute Gasteiger partial charge is 0.0557 e. The van der Waals surface area contributed by atoms with E-state index in [1.54, 1.807) is 6.20 Å². The summed E-state index contributed by atoms with van der Waals surface area (Å²) in [7, 11) is 0. The summed E-state index contributed by atoms with van der Waals surface area (Å²) in [5.41, 5.74) is 4.43. The molecule has 3 heteroatoms. The highest BCUT2D eigenvalue weighted by atomic mass is 35.5. The first-order valence-corrected chi connectivity index (χ1v) is 6.35. The van der Waals surface area contributed by atoms with Crippen LogP contribution >= 0.6 is 11.6 Å². The van der Waals surface area contributed by atoms with Gasteiger partial charge in [0.2, 0.25) is 0 Å². The maximum Gasteiger partial charge on any atom is 0.0557 e. The van der Waals surface area contributed by atoms with E-state index in [1.165, 1.54) is 5.39 Å². The Labute approximate surface area is 111 Å². The number of benzene rings is 1. The lowest BCUT2D eigenvalue weighted by Crippen LogP contribution is -1.82. The van der Waals surface area contributed by atoms with Gasteiger partial charge in [0.1, 0.15) is 0 Å². The molecule has 0 spiro atoms. The molecule has 0 fully saturated rings. The number of nitrogens with zero attached hydrogens (tertiary/aromatic N) is 1. The van der Waals surface area contributed by atoms with Crippen LogP contribution in [0.4, 0.5) is 0 Å². The Kier molecular flexibility index (Phi) is 2.80. The molecule has 18 heavy (non-hydrogen) atoms. The molecule has 3 aromatic rings. The molecule has 0 bridgehead atoms. The van der Waals surface area contributed by atoms with Crippen LogP contribution < -0.4 is 0 Å². The third kappa shape index (κ3) is 2.00. The number of pyridine rings is 1. The van der Waals surface area contributed by atoms with Gasteiger partial charge in [0, 0.05) is 34.6 Å². The average molecular weight is 257 g/mol. The number of alkyl halides is 1. The Morgan fingerprint density at radius 2 is 2.11 bits per heavy atom. The predicted molar refractivity (Wildman–Crippen MR) is 75.8 cm³/mol. The number of aromatic amines is 1. The molecule has 1 atom stereocenters. The number of fused-ring (bicyclic) bond motifs is 1. The minimum Gasteiger partial charge on any atom is -0.354 e. The predicted octanol–water partition coefficient (Wildman–Crippen LogP) is 4.53. The standard InChI is InChI=1S/C15H13ClN2/c1-10(16)11-4-5-14-13(7-11)8-15(18-14)12-3-2-6-17-9-12/h2-10,18H,1H3. The van der Waals surface area contributed by atoms with E-state index in [9.17, 15) is 0 Å². The van der Waals surface area contributed by atoms with Gasteiger partial charge in [-0.05, 0) is 42.8 Å². The molecule has 0 aliphatic heterocycles. The highest BCUT2D eigenvalue weighted by molar-refractivity contribution is 6.20. The van der Waals surface area contributed by atoms with Crippen molar-refractivity contribution >= 4 is 22.5 Å². The molecule has 0 aliphatic rings. The second kappa shape index (κ2) is 4.46. The van der Waals surface area contributed by atoms with Crippen LogP contribution in [0, 0.1) is 0 Å². The van der Waals surface area contributed by atoms with E-state index < -0.39 is 0 Å². The fraction of sp³-hybridized carbons (Fsp3) is 0.133. The monoisotopic (exact) mass is 256 g/mol. The number of nitrogens with one attached hydrogen (secondary N) is 1. The highest BCUT2D eigenvalue weighted by Gasteiger charge is 2.06. The second-order valence-corrected chi connectivity index (χ2v) is 5.04. The summed E-state index contributed by atoms with van der Waals surface area (Å²) in [6.45, 7) is 1.98. The Balaban J connectivity index is 2.11. The summed E-state index contributed by atoms with van der Waals surface area (Å²) in [6, 6.07) is 12.4. The fourth-order valence-corrected chi connectivity index (χ4v) is 2.21. The second-order valence-electron chi connectivity index (χ2n) is 4.39. The van der Waals surface area contributed by atoms with Crippen LogP contribution in [0.15, 0.2) is 48.8 Å². The van der Waals surface area contributed by atoms with Crippen molar-refractivity contribution in [2.75, 3.05) is 0 Å². The zero-order valence-electron chi connectivity index (χ0n) is 10.0. The molecule has 0 saturated carbocycles. The molecule has 0 amide bonds. The Hall–Kier alpha value is -1.80. The van der Waals surface area contributed by atoms with Gasteiger partial charge < -0.3 is 4.98 Å². The number of hydrogen-bond donors (Lipinski definition) is 1. The number of hydrogen-bond acceptors (Lipinski definition) is 1. The van der Waals surface area contributed by atoms with Crippen LogP contribution in [0.3, 0.4) is 0 Å². The summed E-state index contributed by atoms with van der Waals surface area (Å²) in [4.78, 5) is 7.53. The van der Waals surface area contributed by atoms with Crippen molar-refractivity contribution in [1.82, 2.24) is 9.97 Å². The molecule has 2 aromatic heterocycles. The zero-order chi connectivity index (χ0) is 12.5. The summed E-state index contributed by atoms with van der Waals surface area (Å²) in [5.74, 6) is 0. The normalized spacial score (nSPS) is 12.8. The maximum absolute atomic E-state index is 6.11. The van der Waals surface area contributed by atoms with E-state index in [1.807, 2.05) is 25.3 Å². The van der Waals surface area contributed by atoms with Crippen LogP contribution in [0.1, 0.15) is 17.9 Å². The molecular formula is C15H13ClN2. The van der Waals surface area contributed by atoms with Crippen molar-refractivity contribution in [2.45, 2.75) is 12.3 Å². The van der Waals surface area contributed by atoms with Crippen LogP contribution in [-0.2, 0) is 0 Å². The minimum absolute atomic E-state index is 0.0335. The van der Waals surface area contributed by atoms with Gasteiger partial charge in [0.05, 0.1) is 5.38 Å². The number of rotatable bonds is 2. The molecule has 0 saturated heterocycles. The van der Waals surface area contributed by atoms with E-state index in [0.29, 0.717) is 0 Å². The maximum atomic E-state index is 6.11. The van der Waals surface area contributed by atoms with E-state index in [-0.39, 0.29) is 5.38 Å². The summed E-state index contributed by atoms with van der Waals surface area (Å²) < 4.78 is 0. The topological polar surface area (TPSA) is 28.7 Å². The molecule has 2 heterocycles. The Morgan fingerprint density at radius 3 is 2.83 bits per heavy atom. The molecule has 1 N–H and O–H groups in total. The van der Waals surface area contributed by atoms with Crippen molar-refractivity contribution in [3.8, 4) is 11.3 Å². The van der Waals surface area contributed by atoms with E-state index in [2.05, 4.69) is 34.2 Å². The van der Waals surface area contributed by atoms with Crippen molar-refractivity contribution in [2.24, 2.45) is 0 Å². The lowest BCUT2D eigenvalue weighted by atomic mass is 10.1. The minimum atomic E-state index is 0.0335. The first kappa shape index (κ1) is 11.3. The van der Waals surface area contributed by atoms with Gasteiger partial charge in [-0.25, -0.2) is 0 Å². The number of halogens is 1. The first-order chi connectivity index (χ1) is 8.74. The molecular weight excluding hydrogens is 244 g/mol. The Bertz CT molecular complexity index is 671. The molecule has 0 aliphatic carbocycles. The van der Waals surface area contributed by atoms with Gasteiger partial charge in [0.25, 0.3) is 0 Å². The average Bonchev–Trinajstić information content (AvgIpc) is 2.82. The van der Waals surface area contributed by atoms with Crippen LogP contribution in [0.2, 0.25) is 0 Å². The highest BCUT2D eigenvalue weighted by Crippen LogP contribution is 2.27. The molecule has 1 unspecified atom stereocenters. The zero-order valence-corrected chi connectivity index (χ0v) is 10.8. The van der Waals surface area contributed by atoms with Crippen molar-refractivity contribution in [1.29, 1.82) is 0 Å². The van der Waals surface area contributed by atoms with E-state index in [4.69, 9.17) is 11.6 Å². The van der Waals surface area contributed by atoms with Crippen molar-refractivity contribution < 1.29 is 0 Å².